The minimum atomic E-state index is -3.41. The fraction of sp³-hybridized carbons (Fsp3) is 0.278. The molecule has 0 heterocycles. The molecule has 0 aliphatic heterocycles. The molecule has 0 spiro atoms. The van der Waals surface area contributed by atoms with Gasteiger partial charge in [-0.15, -0.1) is 0 Å². The average molecular weight is 397 g/mol. The lowest BCUT2D eigenvalue weighted by molar-refractivity contribution is 0.0940. The maximum Gasteiger partial charge on any atom is 0.253 e. The summed E-state index contributed by atoms with van der Waals surface area (Å²) in [4.78, 5) is 12.5. The van der Waals surface area contributed by atoms with Crippen LogP contribution in [-0.2, 0) is 10.0 Å². The summed E-state index contributed by atoms with van der Waals surface area (Å²) in [5.41, 5.74) is 1.49. The molecular formula is C18H21ClN2O4S. The van der Waals surface area contributed by atoms with Crippen LogP contribution in [0.3, 0.4) is 0 Å². The number of carbonyl (C=O) groups is 1. The molecule has 0 radical (unpaired) electrons. The summed E-state index contributed by atoms with van der Waals surface area (Å²) in [5, 5.41) is 3.03. The number of sulfonamides is 1. The molecule has 0 bridgehead atoms. The third kappa shape index (κ3) is 5.64. The summed E-state index contributed by atoms with van der Waals surface area (Å²) >= 11 is 6.13. The van der Waals surface area contributed by atoms with E-state index in [1.165, 1.54) is 18.2 Å². The molecular weight excluding hydrogens is 376 g/mol. The second-order valence-electron chi connectivity index (χ2n) is 5.77. The SMILES string of the molecule is CCOc1ccc([C@H](C)NC(=O)c2ccc(NS(C)(=O)=O)cc2Cl)cc1. The molecule has 2 rings (SSSR count). The van der Waals surface area contributed by atoms with Crippen LogP contribution < -0.4 is 14.8 Å². The molecule has 0 aliphatic carbocycles. The molecule has 0 saturated carbocycles. The van der Waals surface area contributed by atoms with Crippen LogP contribution in [0.15, 0.2) is 42.5 Å². The van der Waals surface area contributed by atoms with Gasteiger partial charge in [-0.3, -0.25) is 9.52 Å². The second kappa shape index (κ2) is 8.42. The number of rotatable bonds is 7. The van der Waals surface area contributed by atoms with Crippen LogP contribution >= 0.6 is 11.6 Å². The summed E-state index contributed by atoms with van der Waals surface area (Å²) in [5.74, 6) is 0.425. The number of halogens is 1. The molecule has 140 valence electrons. The molecule has 0 aromatic heterocycles. The van der Waals surface area contributed by atoms with Gasteiger partial charge in [0.05, 0.1) is 29.5 Å². The molecule has 0 aliphatic rings. The molecule has 0 unspecified atom stereocenters. The van der Waals surface area contributed by atoms with E-state index in [0.29, 0.717) is 12.3 Å². The van der Waals surface area contributed by atoms with Gasteiger partial charge >= 0.3 is 0 Å². The van der Waals surface area contributed by atoms with Crippen LogP contribution in [0.4, 0.5) is 5.69 Å². The minimum absolute atomic E-state index is 0.162. The Morgan fingerprint density at radius 1 is 1.19 bits per heavy atom. The number of amides is 1. The van der Waals surface area contributed by atoms with Gasteiger partial charge in [0.25, 0.3) is 5.91 Å². The van der Waals surface area contributed by atoms with Crippen molar-refractivity contribution in [1.29, 1.82) is 0 Å². The van der Waals surface area contributed by atoms with Gasteiger partial charge in [0.2, 0.25) is 10.0 Å². The average Bonchev–Trinajstić information content (AvgIpc) is 2.54. The maximum atomic E-state index is 12.5. The Morgan fingerprint density at radius 3 is 2.38 bits per heavy atom. The number of nitrogens with one attached hydrogen (secondary N) is 2. The summed E-state index contributed by atoms with van der Waals surface area (Å²) in [6.45, 7) is 4.37. The van der Waals surface area contributed by atoms with Gasteiger partial charge in [0.15, 0.2) is 0 Å². The molecule has 1 atom stereocenters. The molecule has 2 aromatic carbocycles. The molecule has 2 N–H and O–H groups in total. The van der Waals surface area contributed by atoms with Gasteiger partial charge in [-0.2, -0.15) is 0 Å². The first-order valence-electron chi connectivity index (χ1n) is 8.00. The van der Waals surface area contributed by atoms with Gasteiger partial charge in [-0.25, -0.2) is 8.42 Å². The predicted molar refractivity (Wildman–Crippen MR) is 103 cm³/mol. The van der Waals surface area contributed by atoms with E-state index in [2.05, 4.69) is 10.0 Å². The highest BCUT2D eigenvalue weighted by atomic mass is 35.5. The lowest BCUT2D eigenvalue weighted by Gasteiger charge is -2.16. The molecule has 26 heavy (non-hydrogen) atoms. The van der Waals surface area contributed by atoms with Crippen molar-refractivity contribution in [3.8, 4) is 5.75 Å². The van der Waals surface area contributed by atoms with Crippen molar-refractivity contribution < 1.29 is 17.9 Å². The summed E-state index contributed by atoms with van der Waals surface area (Å²) in [6.07, 6.45) is 1.04. The Bertz CT molecular complexity index is 883. The predicted octanol–water partition coefficient (Wildman–Crippen LogP) is 3.60. The highest BCUT2D eigenvalue weighted by molar-refractivity contribution is 7.92. The Kier molecular flexibility index (Phi) is 6.50. The normalized spacial score (nSPS) is 12.3. The van der Waals surface area contributed by atoms with Crippen LogP contribution in [0, 0.1) is 0 Å². The van der Waals surface area contributed by atoms with Crippen LogP contribution in [0.25, 0.3) is 0 Å². The Morgan fingerprint density at radius 2 is 1.85 bits per heavy atom. The highest BCUT2D eigenvalue weighted by Gasteiger charge is 2.15. The zero-order valence-electron chi connectivity index (χ0n) is 14.7. The minimum Gasteiger partial charge on any atom is -0.494 e. The van der Waals surface area contributed by atoms with Gasteiger partial charge in [-0.1, -0.05) is 23.7 Å². The van der Waals surface area contributed by atoms with Crippen molar-refractivity contribution in [3.05, 3.63) is 58.6 Å². The summed E-state index contributed by atoms with van der Waals surface area (Å²) in [6, 6.07) is 11.6. The van der Waals surface area contributed by atoms with Crippen molar-refractivity contribution >= 4 is 33.2 Å². The fourth-order valence-corrected chi connectivity index (χ4v) is 3.18. The van der Waals surface area contributed by atoms with Crippen molar-refractivity contribution in [1.82, 2.24) is 5.32 Å². The summed E-state index contributed by atoms with van der Waals surface area (Å²) in [7, 11) is -3.41. The number of hydrogen-bond donors (Lipinski definition) is 2. The number of carbonyl (C=O) groups excluding carboxylic acids is 1. The second-order valence-corrected chi connectivity index (χ2v) is 7.92. The van der Waals surface area contributed by atoms with E-state index >= 15 is 0 Å². The van der Waals surface area contributed by atoms with Gasteiger partial charge in [-0.05, 0) is 49.7 Å². The molecule has 2 aromatic rings. The van der Waals surface area contributed by atoms with E-state index in [4.69, 9.17) is 16.3 Å². The zero-order chi connectivity index (χ0) is 19.3. The Labute approximate surface area is 158 Å². The number of anilines is 1. The highest BCUT2D eigenvalue weighted by Crippen LogP contribution is 2.23. The lowest BCUT2D eigenvalue weighted by Crippen LogP contribution is -2.27. The van der Waals surface area contributed by atoms with Gasteiger partial charge < -0.3 is 10.1 Å². The molecule has 0 fully saturated rings. The monoisotopic (exact) mass is 396 g/mol. The van der Waals surface area contributed by atoms with Crippen LogP contribution in [0.2, 0.25) is 5.02 Å². The lowest BCUT2D eigenvalue weighted by atomic mass is 10.1. The van der Waals surface area contributed by atoms with Gasteiger partial charge in [0.1, 0.15) is 5.75 Å². The van der Waals surface area contributed by atoms with E-state index in [1.54, 1.807) is 0 Å². The van der Waals surface area contributed by atoms with Gasteiger partial charge in [0, 0.05) is 5.69 Å². The van der Waals surface area contributed by atoms with Crippen molar-refractivity contribution in [2.75, 3.05) is 17.6 Å². The maximum absolute atomic E-state index is 12.5. The number of benzene rings is 2. The van der Waals surface area contributed by atoms with Crippen molar-refractivity contribution in [2.45, 2.75) is 19.9 Å². The number of hydrogen-bond acceptors (Lipinski definition) is 4. The van der Waals surface area contributed by atoms with E-state index in [1.807, 2.05) is 38.1 Å². The standard InChI is InChI=1S/C18H21ClN2O4S/c1-4-25-15-8-5-13(6-9-15)12(2)20-18(22)16-10-7-14(11-17(16)19)21-26(3,23)24/h5-12,21H,4H2,1-3H3,(H,20,22)/t12-/m0/s1. The fourth-order valence-electron chi connectivity index (χ4n) is 2.35. The Hall–Kier alpha value is -2.25. The smallest absolute Gasteiger partial charge is 0.253 e. The Balaban J connectivity index is 2.08. The quantitative estimate of drug-likeness (QED) is 0.748. The van der Waals surface area contributed by atoms with Crippen LogP contribution in [0.1, 0.15) is 35.8 Å². The van der Waals surface area contributed by atoms with Crippen LogP contribution in [0.5, 0.6) is 5.75 Å². The van der Waals surface area contributed by atoms with E-state index in [9.17, 15) is 13.2 Å². The zero-order valence-corrected chi connectivity index (χ0v) is 16.3. The van der Waals surface area contributed by atoms with E-state index < -0.39 is 10.0 Å². The first-order chi connectivity index (χ1) is 12.2. The topological polar surface area (TPSA) is 84.5 Å². The van der Waals surface area contributed by atoms with E-state index in [0.717, 1.165) is 17.6 Å². The first-order valence-corrected chi connectivity index (χ1v) is 10.3. The number of ether oxygens (including phenoxy) is 1. The van der Waals surface area contributed by atoms with Crippen molar-refractivity contribution in [2.24, 2.45) is 0 Å². The molecule has 6 nitrogen and oxygen atoms in total. The molecule has 0 saturated heterocycles. The molecule has 1 amide bonds. The van der Waals surface area contributed by atoms with Crippen LogP contribution in [-0.4, -0.2) is 27.2 Å². The third-order valence-electron chi connectivity index (χ3n) is 3.56. The third-order valence-corrected chi connectivity index (χ3v) is 4.47. The first kappa shape index (κ1) is 20.1. The largest absolute Gasteiger partial charge is 0.494 e. The van der Waals surface area contributed by atoms with E-state index in [-0.39, 0.29) is 22.5 Å². The van der Waals surface area contributed by atoms with Crippen molar-refractivity contribution in [3.63, 3.8) is 0 Å². The summed E-state index contributed by atoms with van der Waals surface area (Å²) < 4.78 is 30.2. The molecule has 8 heteroatoms.